The first-order valence-electron chi connectivity index (χ1n) is 4.79. The van der Waals surface area contributed by atoms with Gasteiger partial charge in [-0.1, -0.05) is 18.5 Å². The summed E-state index contributed by atoms with van der Waals surface area (Å²) >= 11 is 7.73. The monoisotopic (exact) mass is 240 g/mol. The molecule has 0 aliphatic rings. The summed E-state index contributed by atoms with van der Waals surface area (Å²) in [6, 6.07) is 7.39. The Balaban J connectivity index is 2.59. The van der Waals surface area contributed by atoms with Gasteiger partial charge in [-0.05, 0) is 24.0 Å². The van der Waals surface area contributed by atoms with Gasteiger partial charge in [-0.25, -0.2) is 0 Å². The molecule has 0 spiro atoms. The maximum Gasteiger partial charge on any atom is 0.101 e. The molecule has 4 heteroatoms. The SMILES string of the molecule is CCSCCNc1cc(Cl)ccc1C#N. The second-order valence-corrected chi connectivity index (χ2v) is 4.76. The standard InChI is InChI=1S/C11H13ClN2S/c1-2-15-6-5-14-11-7-10(12)4-3-9(11)8-13/h3-4,7,14H,2,5-6H2,1H3. The number of nitrogens with one attached hydrogen (secondary N) is 1. The number of nitrogens with zero attached hydrogens (tertiary/aromatic N) is 1. The second-order valence-electron chi connectivity index (χ2n) is 2.93. The van der Waals surface area contributed by atoms with Crippen LogP contribution in [0.15, 0.2) is 18.2 Å². The van der Waals surface area contributed by atoms with Crippen LogP contribution in [0.1, 0.15) is 12.5 Å². The van der Waals surface area contributed by atoms with E-state index in [4.69, 9.17) is 16.9 Å². The minimum absolute atomic E-state index is 0.640. The topological polar surface area (TPSA) is 35.8 Å². The molecule has 0 saturated heterocycles. The summed E-state index contributed by atoms with van der Waals surface area (Å²) in [5.74, 6) is 2.15. The summed E-state index contributed by atoms with van der Waals surface area (Å²) in [6.07, 6.45) is 0. The lowest BCUT2D eigenvalue weighted by atomic mass is 10.2. The molecule has 1 aromatic carbocycles. The van der Waals surface area contributed by atoms with Crippen molar-refractivity contribution in [2.75, 3.05) is 23.4 Å². The molecule has 0 aliphatic carbocycles. The van der Waals surface area contributed by atoms with E-state index in [2.05, 4.69) is 18.3 Å². The Labute approximate surface area is 99.6 Å². The van der Waals surface area contributed by atoms with Crippen LogP contribution in [0.4, 0.5) is 5.69 Å². The van der Waals surface area contributed by atoms with Crippen LogP contribution in [0.25, 0.3) is 0 Å². The number of anilines is 1. The normalized spacial score (nSPS) is 9.67. The lowest BCUT2D eigenvalue weighted by Gasteiger charge is -2.07. The minimum atomic E-state index is 0.640. The van der Waals surface area contributed by atoms with Crippen LogP contribution >= 0.6 is 23.4 Å². The predicted molar refractivity (Wildman–Crippen MR) is 67.7 cm³/mol. The van der Waals surface area contributed by atoms with Gasteiger partial charge in [0, 0.05) is 17.3 Å². The summed E-state index contributed by atoms with van der Waals surface area (Å²) in [6.45, 7) is 2.98. The van der Waals surface area contributed by atoms with Crippen LogP contribution in [0.3, 0.4) is 0 Å². The molecule has 0 atom stereocenters. The highest BCUT2D eigenvalue weighted by Gasteiger charge is 2.01. The number of hydrogen-bond acceptors (Lipinski definition) is 3. The molecule has 2 nitrogen and oxygen atoms in total. The summed E-state index contributed by atoms with van der Waals surface area (Å²) in [7, 11) is 0. The minimum Gasteiger partial charge on any atom is -0.383 e. The second kappa shape index (κ2) is 6.60. The number of hydrogen-bond donors (Lipinski definition) is 1. The molecule has 15 heavy (non-hydrogen) atoms. The van der Waals surface area contributed by atoms with E-state index >= 15 is 0 Å². The van der Waals surface area contributed by atoms with Crippen molar-refractivity contribution in [2.45, 2.75) is 6.92 Å². The molecule has 1 rings (SSSR count). The highest BCUT2D eigenvalue weighted by Crippen LogP contribution is 2.20. The molecule has 0 amide bonds. The highest BCUT2D eigenvalue weighted by atomic mass is 35.5. The third-order valence-corrected chi connectivity index (χ3v) is 3.00. The summed E-state index contributed by atoms with van der Waals surface area (Å²) in [5, 5.41) is 12.7. The zero-order chi connectivity index (χ0) is 11.1. The smallest absolute Gasteiger partial charge is 0.101 e. The van der Waals surface area contributed by atoms with Gasteiger partial charge in [-0.3, -0.25) is 0 Å². The van der Waals surface area contributed by atoms with Crippen molar-refractivity contribution in [1.29, 1.82) is 5.26 Å². The molecule has 0 heterocycles. The molecule has 0 saturated carbocycles. The van der Waals surface area contributed by atoms with Gasteiger partial charge in [0.15, 0.2) is 0 Å². The van der Waals surface area contributed by atoms with Crippen molar-refractivity contribution < 1.29 is 0 Å². The van der Waals surface area contributed by atoms with Crippen LogP contribution in [0.5, 0.6) is 0 Å². The number of nitriles is 1. The van der Waals surface area contributed by atoms with Gasteiger partial charge in [0.25, 0.3) is 0 Å². The Kier molecular flexibility index (Phi) is 5.38. The van der Waals surface area contributed by atoms with Gasteiger partial charge in [0.05, 0.1) is 11.3 Å². The third-order valence-electron chi connectivity index (χ3n) is 1.87. The molecule has 80 valence electrons. The Morgan fingerprint density at radius 1 is 1.53 bits per heavy atom. The number of thioether (sulfide) groups is 1. The fraction of sp³-hybridized carbons (Fsp3) is 0.364. The van der Waals surface area contributed by atoms with Gasteiger partial charge in [-0.2, -0.15) is 17.0 Å². The van der Waals surface area contributed by atoms with Gasteiger partial charge >= 0.3 is 0 Å². The third kappa shape index (κ3) is 4.03. The maximum atomic E-state index is 8.87. The molecule has 0 radical (unpaired) electrons. The van der Waals surface area contributed by atoms with Gasteiger partial charge in [-0.15, -0.1) is 0 Å². The predicted octanol–water partition coefficient (Wildman–Crippen LogP) is 3.38. The lowest BCUT2D eigenvalue weighted by molar-refractivity contribution is 1.22. The molecular weight excluding hydrogens is 228 g/mol. The summed E-state index contributed by atoms with van der Waals surface area (Å²) in [4.78, 5) is 0. The van der Waals surface area contributed by atoms with E-state index in [1.165, 1.54) is 0 Å². The van der Waals surface area contributed by atoms with Gasteiger partial charge < -0.3 is 5.32 Å². The van der Waals surface area contributed by atoms with Crippen molar-refractivity contribution in [1.82, 2.24) is 0 Å². The molecule has 0 unspecified atom stereocenters. The Morgan fingerprint density at radius 2 is 2.33 bits per heavy atom. The Bertz CT molecular complexity index is 360. The van der Waals surface area contributed by atoms with E-state index in [1.807, 2.05) is 11.8 Å². The molecular formula is C11H13ClN2S. The van der Waals surface area contributed by atoms with Crippen molar-refractivity contribution >= 4 is 29.1 Å². The summed E-state index contributed by atoms with van der Waals surface area (Å²) in [5.41, 5.74) is 1.46. The molecule has 0 bridgehead atoms. The maximum absolute atomic E-state index is 8.87. The molecule has 1 N–H and O–H groups in total. The van der Waals surface area contributed by atoms with Crippen molar-refractivity contribution in [2.24, 2.45) is 0 Å². The molecule has 0 fully saturated rings. The lowest BCUT2D eigenvalue weighted by Crippen LogP contribution is -2.05. The van der Waals surface area contributed by atoms with E-state index < -0.39 is 0 Å². The van der Waals surface area contributed by atoms with E-state index in [1.54, 1.807) is 18.2 Å². The highest BCUT2D eigenvalue weighted by molar-refractivity contribution is 7.99. The van der Waals surface area contributed by atoms with Crippen LogP contribution in [-0.2, 0) is 0 Å². The largest absolute Gasteiger partial charge is 0.383 e. The van der Waals surface area contributed by atoms with Gasteiger partial charge in [0.1, 0.15) is 6.07 Å². The number of rotatable bonds is 5. The average molecular weight is 241 g/mol. The van der Waals surface area contributed by atoms with E-state index in [9.17, 15) is 0 Å². The average Bonchev–Trinajstić information content (AvgIpc) is 2.25. The van der Waals surface area contributed by atoms with E-state index in [0.717, 1.165) is 23.7 Å². The van der Waals surface area contributed by atoms with E-state index in [0.29, 0.717) is 10.6 Å². The fourth-order valence-electron chi connectivity index (χ4n) is 1.16. The van der Waals surface area contributed by atoms with Crippen LogP contribution in [0.2, 0.25) is 5.02 Å². The van der Waals surface area contributed by atoms with Crippen molar-refractivity contribution in [3.63, 3.8) is 0 Å². The van der Waals surface area contributed by atoms with Crippen molar-refractivity contribution in [3.8, 4) is 6.07 Å². The first-order chi connectivity index (χ1) is 7.27. The molecule has 1 aromatic rings. The Hall–Kier alpha value is -0.850. The quantitative estimate of drug-likeness (QED) is 0.802. The van der Waals surface area contributed by atoms with Gasteiger partial charge in [0.2, 0.25) is 0 Å². The van der Waals surface area contributed by atoms with Crippen molar-refractivity contribution in [3.05, 3.63) is 28.8 Å². The first kappa shape index (κ1) is 12.2. The summed E-state index contributed by atoms with van der Waals surface area (Å²) < 4.78 is 0. The fourth-order valence-corrected chi connectivity index (χ4v) is 1.87. The van der Waals surface area contributed by atoms with Crippen LogP contribution in [0, 0.1) is 11.3 Å². The van der Waals surface area contributed by atoms with Crippen LogP contribution in [-0.4, -0.2) is 18.1 Å². The van der Waals surface area contributed by atoms with E-state index in [-0.39, 0.29) is 0 Å². The first-order valence-corrected chi connectivity index (χ1v) is 6.32. The molecule has 0 aromatic heterocycles. The zero-order valence-corrected chi connectivity index (χ0v) is 10.2. The number of benzene rings is 1. The number of halogens is 1. The zero-order valence-electron chi connectivity index (χ0n) is 8.59. The molecule has 0 aliphatic heterocycles. The Morgan fingerprint density at radius 3 is 3.00 bits per heavy atom. The van der Waals surface area contributed by atoms with Crippen LogP contribution < -0.4 is 5.32 Å².